The van der Waals surface area contributed by atoms with Crippen molar-refractivity contribution in [1.29, 1.82) is 0 Å². The van der Waals surface area contributed by atoms with Crippen LogP contribution in [0.4, 0.5) is 5.69 Å². The lowest BCUT2D eigenvalue weighted by Crippen LogP contribution is -2.49. The van der Waals surface area contributed by atoms with Gasteiger partial charge in [-0.15, -0.1) is 0 Å². The van der Waals surface area contributed by atoms with Crippen LogP contribution in [0.25, 0.3) is 0 Å². The van der Waals surface area contributed by atoms with Gasteiger partial charge in [0.2, 0.25) is 0 Å². The van der Waals surface area contributed by atoms with Crippen LogP contribution >= 0.6 is 0 Å². The highest BCUT2D eigenvalue weighted by Gasteiger charge is 2.51. The van der Waals surface area contributed by atoms with Crippen LogP contribution in [-0.2, 0) is 15.1 Å². The Balaban J connectivity index is 1.63. The number of methoxy groups -OCH3 is 2. The lowest BCUT2D eigenvalue weighted by molar-refractivity contribution is -0.136. The minimum absolute atomic E-state index is 0.286. The second-order valence-corrected chi connectivity index (χ2v) is 7.65. The van der Waals surface area contributed by atoms with E-state index < -0.39 is 17.3 Å². The third-order valence-electron chi connectivity index (χ3n) is 5.81. The largest absolute Gasteiger partial charge is 0.497 e. The molecular weight excluding hydrogens is 400 g/mol. The molecular formula is C23H26N2O6. The number of hydrogen-bond acceptors (Lipinski definition) is 7. The van der Waals surface area contributed by atoms with Crippen molar-refractivity contribution in [2.45, 2.75) is 12.0 Å². The second kappa shape index (κ2) is 8.66. The van der Waals surface area contributed by atoms with Crippen molar-refractivity contribution in [2.75, 3.05) is 52.1 Å². The molecule has 1 N–H and O–H groups in total. The number of rotatable bonds is 7. The first-order valence-corrected chi connectivity index (χ1v) is 10.2. The summed E-state index contributed by atoms with van der Waals surface area (Å²) >= 11 is 0. The van der Waals surface area contributed by atoms with Gasteiger partial charge in [0.15, 0.2) is 11.4 Å². The molecule has 1 fully saturated rings. The molecule has 4 rings (SSSR count). The molecule has 1 atom stereocenters. The van der Waals surface area contributed by atoms with Crippen molar-refractivity contribution in [1.82, 2.24) is 4.90 Å². The fraction of sp³-hybridized carbons (Fsp3) is 0.391. The summed E-state index contributed by atoms with van der Waals surface area (Å²) in [5, 5.41) is 11.5. The summed E-state index contributed by atoms with van der Waals surface area (Å²) in [5.41, 5.74) is -0.594. The molecule has 0 radical (unpaired) electrons. The number of morpholine rings is 1. The zero-order valence-corrected chi connectivity index (χ0v) is 17.7. The van der Waals surface area contributed by atoms with E-state index in [-0.39, 0.29) is 12.0 Å². The van der Waals surface area contributed by atoms with Gasteiger partial charge in [-0.25, -0.2) is 0 Å². The van der Waals surface area contributed by atoms with Gasteiger partial charge in [-0.3, -0.25) is 19.4 Å². The van der Waals surface area contributed by atoms with E-state index in [1.54, 1.807) is 41.3 Å². The molecule has 0 bridgehead atoms. The summed E-state index contributed by atoms with van der Waals surface area (Å²) in [6.07, 6.45) is -0.384. The highest BCUT2D eigenvalue weighted by Crippen LogP contribution is 2.43. The molecule has 8 heteroatoms. The third kappa shape index (κ3) is 3.89. The number of carbonyl (C=O) groups excluding carboxylic acids is 2. The Morgan fingerprint density at radius 1 is 1.13 bits per heavy atom. The Hall–Kier alpha value is -2.94. The molecule has 2 aliphatic rings. The zero-order chi connectivity index (χ0) is 22.0. The number of ether oxygens (including phenoxy) is 3. The Labute approximate surface area is 180 Å². The van der Waals surface area contributed by atoms with Crippen molar-refractivity contribution in [2.24, 2.45) is 0 Å². The summed E-state index contributed by atoms with van der Waals surface area (Å²) in [4.78, 5) is 30.2. The second-order valence-electron chi connectivity index (χ2n) is 7.65. The van der Waals surface area contributed by atoms with Crippen LogP contribution in [0.1, 0.15) is 22.3 Å². The van der Waals surface area contributed by atoms with Gasteiger partial charge in [-0.2, -0.15) is 0 Å². The van der Waals surface area contributed by atoms with Crippen LogP contribution in [0, 0.1) is 0 Å². The van der Waals surface area contributed by atoms with Crippen molar-refractivity contribution >= 4 is 17.4 Å². The number of para-hydroxylation sites is 1. The summed E-state index contributed by atoms with van der Waals surface area (Å²) in [5.74, 6) is -0.0117. The molecule has 1 saturated heterocycles. The highest BCUT2D eigenvalue weighted by molar-refractivity contribution is 6.11. The average Bonchev–Trinajstić information content (AvgIpc) is 3.01. The molecule has 0 unspecified atom stereocenters. The van der Waals surface area contributed by atoms with Crippen LogP contribution in [0.5, 0.6) is 11.5 Å². The predicted molar refractivity (Wildman–Crippen MR) is 114 cm³/mol. The van der Waals surface area contributed by atoms with Gasteiger partial charge in [-0.05, 0) is 18.2 Å². The van der Waals surface area contributed by atoms with Gasteiger partial charge in [0.25, 0.3) is 5.91 Å². The fourth-order valence-corrected chi connectivity index (χ4v) is 4.12. The monoisotopic (exact) mass is 426 g/mol. The normalized spacial score (nSPS) is 21.1. The summed E-state index contributed by atoms with van der Waals surface area (Å²) < 4.78 is 15.9. The number of anilines is 1. The summed E-state index contributed by atoms with van der Waals surface area (Å²) in [6, 6.07) is 11.9. The minimum Gasteiger partial charge on any atom is -0.497 e. The quantitative estimate of drug-likeness (QED) is 0.676. The molecule has 31 heavy (non-hydrogen) atoms. The number of Topliss-reactive ketones (excluding diaryl/α,β-unsaturated/α-hetero) is 1. The van der Waals surface area contributed by atoms with E-state index in [2.05, 4.69) is 4.90 Å². The van der Waals surface area contributed by atoms with Crippen molar-refractivity contribution in [3.63, 3.8) is 0 Å². The van der Waals surface area contributed by atoms with E-state index >= 15 is 0 Å². The third-order valence-corrected chi connectivity index (χ3v) is 5.81. The van der Waals surface area contributed by atoms with Gasteiger partial charge in [-0.1, -0.05) is 18.2 Å². The van der Waals surface area contributed by atoms with Crippen LogP contribution in [0.15, 0.2) is 42.5 Å². The average molecular weight is 426 g/mol. The molecule has 1 amide bonds. The molecule has 2 aromatic carbocycles. The number of hydrogen-bond donors (Lipinski definition) is 1. The Morgan fingerprint density at radius 3 is 2.58 bits per heavy atom. The molecule has 2 heterocycles. The Bertz CT molecular complexity index is 988. The van der Waals surface area contributed by atoms with E-state index in [0.717, 1.165) is 0 Å². The Morgan fingerprint density at radius 2 is 1.87 bits per heavy atom. The minimum atomic E-state index is -1.94. The van der Waals surface area contributed by atoms with Crippen molar-refractivity contribution in [3.05, 3.63) is 53.6 Å². The highest BCUT2D eigenvalue weighted by atomic mass is 16.5. The van der Waals surface area contributed by atoms with E-state index in [1.165, 1.54) is 14.2 Å². The van der Waals surface area contributed by atoms with Crippen LogP contribution in [0.2, 0.25) is 0 Å². The van der Waals surface area contributed by atoms with E-state index in [4.69, 9.17) is 14.2 Å². The fourth-order valence-electron chi connectivity index (χ4n) is 4.12. The first-order chi connectivity index (χ1) is 15.0. The molecule has 0 aliphatic carbocycles. The van der Waals surface area contributed by atoms with Crippen LogP contribution < -0.4 is 14.4 Å². The lowest BCUT2D eigenvalue weighted by Gasteiger charge is -2.31. The maximum absolute atomic E-state index is 13.4. The first-order valence-electron chi connectivity index (χ1n) is 10.2. The van der Waals surface area contributed by atoms with E-state index in [0.29, 0.717) is 55.7 Å². The molecule has 2 aliphatic heterocycles. The lowest BCUT2D eigenvalue weighted by atomic mass is 9.88. The molecule has 0 spiro atoms. The number of ketones is 1. The summed E-state index contributed by atoms with van der Waals surface area (Å²) in [7, 11) is 2.98. The first kappa shape index (κ1) is 21.3. The molecule has 0 saturated carbocycles. The zero-order valence-electron chi connectivity index (χ0n) is 17.7. The molecule has 2 aromatic rings. The van der Waals surface area contributed by atoms with Crippen molar-refractivity contribution < 1.29 is 28.9 Å². The standard InChI is InChI=1S/C23H26N2O6/c1-29-16-7-8-17(21(13-16)30-2)20(26)14-23(28)18-5-3-4-6-19(18)25(22(23)27)15-24-9-11-31-12-10-24/h3-8,13,28H,9-12,14-15H2,1-2H3/t23-/m1/s1. The number of nitrogens with zero attached hydrogens (tertiary/aromatic N) is 2. The van der Waals surface area contributed by atoms with Gasteiger partial charge in [0, 0.05) is 24.7 Å². The van der Waals surface area contributed by atoms with Gasteiger partial charge in [0.05, 0.1) is 51.8 Å². The van der Waals surface area contributed by atoms with Crippen LogP contribution in [0.3, 0.4) is 0 Å². The maximum atomic E-state index is 13.4. The smallest absolute Gasteiger partial charge is 0.265 e. The number of amides is 1. The summed E-state index contributed by atoms with van der Waals surface area (Å²) in [6.45, 7) is 2.94. The van der Waals surface area contributed by atoms with Crippen molar-refractivity contribution in [3.8, 4) is 11.5 Å². The van der Waals surface area contributed by atoms with Gasteiger partial charge in [0.1, 0.15) is 11.5 Å². The molecule has 8 nitrogen and oxygen atoms in total. The number of fused-ring (bicyclic) bond motifs is 1. The molecule has 0 aromatic heterocycles. The van der Waals surface area contributed by atoms with Crippen LogP contribution in [-0.4, -0.2) is 68.9 Å². The number of aliphatic hydroxyl groups is 1. The van der Waals surface area contributed by atoms with Gasteiger partial charge >= 0.3 is 0 Å². The number of benzene rings is 2. The SMILES string of the molecule is COc1ccc(C(=O)C[C@]2(O)C(=O)N(CN3CCOCC3)c3ccccc32)c(OC)c1. The maximum Gasteiger partial charge on any atom is 0.265 e. The van der Waals surface area contributed by atoms with Gasteiger partial charge < -0.3 is 19.3 Å². The Kier molecular flexibility index (Phi) is 5.95. The topological polar surface area (TPSA) is 88.5 Å². The predicted octanol–water partition coefficient (Wildman–Crippen LogP) is 1.80. The van der Waals surface area contributed by atoms with E-state index in [9.17, 15) is 14.7 Å². The van der Waals surface area contributed by atoms with E-state index in [1.807, 2.05) is 6.07 Å². The molecule has 164 valence electrons. The number of carbonyl (C=O) groups is 2.